The van der Waals surface area contributed by atoms with E-state index >= 15 is 0 Å². The third-order valence-corrected chi connectivity index (χ3v) is 2.08. The van der Waals surface area contributed by atoms with Crippen LogP contribution in [0.3, 0.4) is 0 Å². The van der Waals surface area contributed by atoms with Crippen LogP contribution in [0.1, 0.15) is 24.3 Å². The van der Waals surface area contributed by atoms with Crippen LogP contribution < -0.4 is 11.3 Å². The molecule has 14 heavy (non-hydrogen) atoms. The van der Waals surface area contributed by atoms with E-state index in [0.717, 1.165) is 0 Å². The van der Waals surface area contributed by atoms with Gasteiger partial charge in [-0.05, 0) is 22.0 Å². The Morgan fingerprint density at radius 3 is 2.50 bits per heavy atom. The lowest BCUT2D eigenvalue weighted by Gasteiger charge is -1.98. The van der Waals surface area contributed by atoms with Crippen LogP contribution in [0.5, 0.6) is 0 Å². The Morgan fingerprint density at radius 1 is 1.57 bits per heavy atom. The molecule has 1 rings (SSSR count). The van der Waals surface area contributed by atoms with Gasteiger partial charge in [-0.25, -0.2) is 0 Å². The van der Waals surface area contributed by atoms with Gasteiger partial charge in [-0.3, -0.25) is 9.59 Å². The summed E-state index contributed by atoms with van der Waals surface area (Å²) in [6.07, 6.45) is 0. The van der Waals surface area contributed by atoms with Crippen LogP contribution in [0.4, 0.5) is 0 Å². The van der Waals surface area contributed by atoms with Crippen LogP contribution >= 0.6 is 27.5 Å². The highest BCUT2D eigenvalue weighted by Crippen LogP contribution is 2.14. The van der Waals surface area contributed by atoms with Gasteiger partial charge in [0, 0.05) is 0 Å². The van der Waals surface area contributed by atoms with Crippen molar-refractivity contribution in [3.63, 3.8) is 0 Å². The Labute approximate surface area is 94.6 Å². The summed E-state index contributed by atoms with van der Waals surface area (Å²) in [5.74, 6) is -0.760. The molecule has 6 heteroatoms. The molecule has 0 aliphatic rings. The summed E-state index contributed by atoms with van der Waals surface area (Å²) in [5.41, 5.74) is 4.41. The van der Waals surface area contributed by atoms with E-state index in [4.69, 9.17) is 17.3 Å². The minimum Gasteiger partial charge on any atom is -0.364 e. The standard InChI is InChI=1S/C6H4BrClN2O2.C2H6/c7-2-1-3(8)4(5(9)11)10-6(2)12;1-2/h1H,(H2,9,11)(H,10,12);1-2H3. The van der Waals surface area contributed by atoms with E-state index in [0.29, 0.717) is 0 Å². The Hall–Kier alpha value is -0.810. The first kappa shape index (κ1) is 13.2. The van der Waals surface area contributed by atoms with Crippen molar-refractivity contribution in [3.05, 3.63) is 31.6 Å². The maximum atomic E-state index is 10.9. The molecule has 0 aliphatic carbocycles. The van der Waals surface area contributed by atoms with Gasteiger partial charge in [-0.15, -0.1) is 0 Å². The summed E-state index contributed by atoms with van der Waals surface area (Å²) in [5, 5.41) is 0.119. The number of amides is 1. The number of rotatable bonds is 1. The maximum Gasteiger partial charge on any atom is 0.266 e. The second-order valence-corrected chi connectivity index (χ2v) is 3.30. The van der Waals surface area contributed by atoms with E-state index in [1.165, 1.54) is 6.07 Å². The van der Waals surface area contributed by atoms with E-state index in [1.807, 2.05) is 13.8 Å². The van der Waals surface area contributed by atoms with Gasteiger partial charge in [0.15, 0.2) is 0 Å². The maximum absolute atomic E-state index is 10.9. The monoisotopic (exact) mass is 280 g/mol. The van der Waals surface area contributed by atoms with Crippen LogP contribution in [0, 0.1) is 0 Å². The van der Waals surface area contributed by atoms with Crippen molar-refractivity contribution in [2.75, 3.05) is 0 Å². The van der Waals surface area contributed by atoms with Crippen molar-refractivity contribution >= 4 is 33.4 Å². The Balaban J connectivity index is 0.000000791. The van der Waals surface area contributed by atoms with E-state index in [2.05, 4.69) is 20.9 Å². The molecule has 0 saturated heterocycles. The normalized spacial score (nSPS) is 8.86. The quantitative estimate of drug-likeness (QED) is 0.825. The number of halogens is 2. The van der Waals surface area contributed by atoms with Crippen molar-refractivity contribution in [1.82, 2.24) is 4.98 Å². The van der Waals surface area contributed by atoms with Crippen molar-refractivity contribution < 1.29 is 4.79 Å². The molecule has 1 heterocycles. The average molecular weight is 282 g/mol. The smallest absolute Gasteiger partial charge is 0.266 e. The minimum atomic E-state index is -0.760. The van der Waals surface area contributed by atoms with E-state index in [9.17, 15) is 9.59 Å². The number of aromatic nitrogens is 1. The molecule has 1 aromatic heterocycles. The summed E-state index contributed by atoms with van der Waals surface area (Å²) in [6, 6.07) is 1.32. The first-order valence-electron chi connectivity index (χ1n) is 3.90. The molecular formula is C8H10BrClN2O2. The third kappa shape index (κ3) is 3.16. The van der Waals surface area contributed by atoms with E-state index in [-0.39, 0.29) is 15.2 Å². The molecule has 0 saturated carbocycles. The molecular weight excluding hydrogens is 271 g/mol. The minimum absolute atomic E-state index is 0.0788. The van der Waals surface area contributed by atoms with Gasteiger partial charge in [0.05, 0.1) is 9.50 Å². The predicted molar refractivity (Wildman–Crippen MR) is 59.6 cm³/mol. The van der Waals surface area contributed by atoms with E-state index in [1.54, 1.807) is 0 Å². The van der Waals surface area contributed by atoms with Crippen LogP contribution in [0.15, 0.2) is 15.3 Å². The summed E-state index contributed by atoms with van der Waals surface area (Å²) in [7, 11) is 0. The largest absolute Gasteiger partial charge is 0.364 e. The fourth-order valence-electron chi connectivity index (χ4n) is 0.661. The molecule has 1 aromatic rings. The average Bonchev–Trinajstić information content (AvgIpc) is 2.14. The molecule has 0 aromatic carbocycles. The van der Waals surface area contributed by atoms with Crippen LogP contribution in [-0.4, -0.2) is 10.9 Å². The number of primary amides is 1. The number of carbonyl (C=O) groups excluding carboxylic acids is 1. The molecule has 0 bridgehead atoms. The molecule has 78 valence electrons. The van der Waals surface area contributed by atoms with Crippen molar-refractivity contribution in [3.8, 4) is 0 Å². The van der Waals surface area contributed by atoms with Crippen LogP contribution in [0.25, 0.3) is 0 Å². The first-order chi connectivity index (χ1) is 6.52. The molecule has 0 fully saturated rings. The summed E-state index contributed by atoms with van der Waals surface area (Å²) < 4.78 is 0.262. The molecule has 0 spiro atoms. The molecule has 0 unspecified atom stereocenters. The molecule has 0 atom stereocenters. The lowest BCUT2D eigenvalue weighted by Crippen LogP contribution is -2.19. The van der Waals surface area contributed by atoms with Crippen molar-refractivity contribution in [2.24, 2.45) is 5.73 Å². The summed E-state index contributed by atoms with van der Waals surface area (Å²) >= 11 is 8.54. The highest BCUT2D eigenvalue weighted by molar-refractivity contribution is 9.10. The van der Waals surface area contributed by atoms with Gasteiger partial charge < -0.3 is 10.7 Å². The number of aromatic amines is 1. The lowest BCUT2D eigenvalue weighted by molar-refractivity contribution is 0.0995. The molecule has 0 radical (unpaired) electrons. The van der Waals surface area contributed by atoms with Gasteiger partial charge in [-0.2, -0.15) is 0 Å². The van der Waals surface area contributed by atoms with Crippen LogP contribution in [-0.2, 0) is 0 Å². The zero-order chi connectivity index (χ0) is 11.3. The second-order valence-electron chi connectivity index (χ2n) is 2.03. The first-order valence-corrected chi connectivity index (χ1v) is 5.07. The predicted octanol–water partition coefficient (Wildman–Crippen LogP) is 1.92. The summed E-state index contributed by atoms with van der Waals surface area (Å²) in [6.45, 7) is 4.00. The van der Waals surface area contributed by atoms with Gasteiger partial charge >= 0.3 is 0 Å². The van der Waals surface area contributed by atoms with Crippen LogP contribution in [0.2, 0.25) is 5.02 Å². The van der Waals surface area contributed by atoms with Gasteiger partial charge in [0.2, 0.25) is 0 Å². The Bertz CT molecular complexity index is 389. The zero-order valence-electron chi connectivity index (χ0n) is 7.73. The number of pyridine rings is 1. The SMILES string of the molecule is CC.NC(=O)c1[nH]c(=O)c(Br)cc1Cl. The topological polar surface area (TPSA) is 76.0 Å². The summed E-state index contributed by atoms with van der Waals surface area (Å²) in [4.78, 5) is 23.8. The number of hydrogen-bond acceptors (Lipinski definition) is 2. The molecule has 3 N–H and O–H groups in total. The second kappa shape index (κ2) is 5.82. The van der Waals surface area contributed by atoms with Gasteiger partial charge in [0.25, 0.3) is 11.5 Å². The number of hydrogen-bond donors (Lipinski definition) is 2. The third-order valence-electron chi connectivity index (χ3n) is 1.19. The highest BCUT2D eigenvalue weighted by Gasteiger charge is 2.09. The highest BCUT2D eigenvalue weighted by atomic mass is 79.9. The fourth-order valence-corrected chi connectivity index (χ4v) is 1.37. The number of nitrogens with one attached hydrogen (secondary N) is 1. The Kier molecular flexibility index (Phi) is 5.49. The van der Waals surface area contributed by atoms with Gasteiger partial charge in [-0.1, -0.05) is 25.4 Å². The van der Waals surface area contributed by atoms with E-state index < -0.39 is 11.5 Å². The molecule has 4 nitrogen and oxygen atoms in total. The van der Waals surface area contributed by atoms with Gasteiger partial charge in [0.1, 0.15) is 5.69 Å². The number of H-pyrrole nitrogens is 1. The zero-order valence-corrected chi connectivity index (χ0v) is 10.1. The number of carbonyl (C=O) groups is 1. The lowest BCUT2D eigenvalue weighted by atomic mass is 10.3. The van der Waals surface area contributed by atoms with Crippen molar-refractivity contribution in [2.45, 2.75) is 13.8 Å². The number of nitrogens with two attached hydrogens (primary N) is 1. The van der Waals surface area contributed by atoms with Crippen molar-refractivity contribution in [1.29, 1.82) is 0 Å². The molecule has 0 aliphatic heterocycles. The Morgan fingerprint density at radius 2 is 2.07 bits per heavy atom. The fraction of sp³-hybridized carbons (Fsp3) is 0.250. The molecule has 1 amide bonds.